The molecule has 2 aromatic carbocycles. The molecule has 0 radical (unpaired) electrons. The Morgan fingerprint density at radius 2 is 1.50 bits per heavy atom. The zero-order valence-corrected chi connectivity index (χ0v) is 10.6. The van der Waals surface area contributed by atoms with Gasteiger partial charge in [0.1, 0.15) is 5.60 Å². The molecule has 2 rings (SSSR count). The van der Waals surface area contributed by atoms with Gasteiger partial charge < -0.3 is 10.8 Å². The average molecular weight is 241 g/mol. The van der Waals surface area contributed by atoms with E-state index in [-0.39, 0.29) is 6.54 Å². The van der Waals surface area contributed by atoms with Gasteiger partial charge in [-0.15, -0.1) is 0 Å². The van der Waals surface area contributed by atoms with E-state index in [1.807, 2.05) is 49.4 Å². The lowest BCUT2D eigenvalue weighted by atomic mass is 9.90. The summed E-state index contributed by atoms with van der Waals surface area (Å²) >= 11 is 0. The van der Waals surface area contributed by atoms with Gasteiger partial charge in [0.15, 0.2) is 0 Å². The summed E-state index contributed by atoms with van der Waals surface area (Å²) in [7, 11) is 0. The van der Waals surface area contributed by atoms with Crippen molar-refractivity contribution in [3.63, 3.8) is 0 Å². The first-order chi connectivity index (χ1) is 8.69. The molecule has 0 saturated heterocycles. The monoisotopic (exact) mass is 241 g/mol. The molecule has 0 bridgehead atoms. The van der Waals surface area contributed by atoms with Gasteiger partial charge >= 0.3 is 0 Å². The van der Waals surface area contributed by atoms with E-state index in [1.165, 1.54) is 5.56 Å². The van der Waals surface area contributed by atoms with Crippen LogP contribution in [0.3, 0.4) is 0 Å². The zero-order valence-electron chi connectivity index (χ0n) is 10.6. The smallest absolute Gasteiger partial charge is 0.102 e. The molecule has 0 aliphatic rings. The quantitative estimate of drug-likeness (QED) is 0.864. The molecule has 1 atom stereocenters. The lowest BCUT2D eigenvalue weighted by Crippen LogP contribution is -2.33. The minimum absolute atomic E-state index is 0.244. The first-order valence-corrected chi connectivity index (χ1v) is 6.28. The molecule has 0 heterocycles. The number of rotatable bonds is 4. The molecule has 0 aromatic heterocycles. The first kappa shape index (κ1) is 12.8. The Morgan fingerprint density at radius 3 is 2.00 bits per heavy atom. The number of aliphatic hydroxyl groups is 1. The first-order valence-electron chi connectivity index (χ1n) is 6.28. The lowest BCUT2D eigenvalue weighted by Gasteiger charge is -2.25. The van der Waals surface area contributed by atoms with Gasteiger partial charge in [0.25, 0.3) is 0 Å². The van der Waals surface area contributed by atoms with Gasteiger partial charge in [-0.1, -0.05) is 61.5 Å². The molecule has 0 fully saturated rings. The van der Waals surface area contributed by atoms with Crippen molar-refractivity contribution in [3.8, 4) is 11.1 Å². The number of hydrogen-bond donors (Lipinski definition) is 2. The summed E-state index contributed by atoms with van der Waals surface area (Å²) in [6.07, 6.45) is 0.619. The topological polar surface area (TPSA) is 46.2 Å². The third-order valence-corrected chi connectivity index (χ3v) is 3.45. The van der Waals surface area contributed by atoms with Crippen LogP contribution in [0, 0.1) is 0 Å². The fourth-order valence-corrected chi connectivity index (χ4v) is 2.07. The Balaban J connectivity index is 2.31. The maximum atomic E-state index is 10.3. The van der Waals surface area contributed by atoms with E-state index in [0.717, 1.165) is 11.1 Å². The van der Waals surface area contributed by atoms with Crippen LogP contribution in [0.4, 0.5) is 0 Å². The molecule has 0 aliphatic carbocycles. The SMILES string of the molecule is CCC(O)(CN)c1ccc(-c2ccccc2)cc1. The summed E-state index contributed by atoms with van der Waals surface area (Å²) < 4.78 is 0. The van der Waals surface area contributed by atoms with Crippen molar-refractivity contribution in [3.05, 3.63) is 60.2 Å². The van der Waals surface area contributed by atoms with Gasteiger partial charge in [-0.05, 0) is 23.1 Å². The molecule has 94 valence electrons. The standard InChI is InChI=1S/C16H19NO/c1-2-16(18,12-17)15-10-8-14(9-11-15)13-6-4-3-5-7-13/h3-11,18H,2,12,17H2,1H3. The molecule has 2 heteroatoms. The van der Waals surface area contributed by atoms with Gasteiger partial charge in [0, 0.05) is 6.54 Å². The minimum Gasteiger partial charge on any atom is -0.384 e. The summed E-state index contributed by atoms with van der Waals surface area (Å²) in [5, 5.41) is 10.3. The molecule has 2 nitrogen and oxygen atoms in total. The highest BCUT2D eigenvalue weighted by Gasteiger charge is 2.24. The van der Waals surface area contributed by atoms with Crippen LogP contribution in [0.2, 0.25) is 0 Å². The van der Waals surface area contributed by atoms with Gasteiger partial charge in [0.2, 0.25) is 0 Å². The second-order valence-electron chi connectivity index (χ2n) is 4.53. The van der Waals surface area contributed by atoms with Crippen molar-refractivity contribution in [2.24, 2.45) is 5.73 Å². The third kappa shape index (κ3) is 2.45. The van der Waals surface area contributed by atoms with Crippen molar-refractivity contribution in [2.45, 2.75) is 18.9 Å². The van der Waals surface area contributed by atoms with Crippen LogP contribution in [-0.4, -0.2) is 11.7 Å². The Morgan fingerprint density at radius 1 is 0.944 bits per heavy atom. The summed E-state index contributed by atoms with van der Waals surface area (Å²) in [5.74, 6) is 0. The van der Waals surface area contributed by atoms with Gasteiger partial charge in [0.05, 0.1) is 0 Å². The minimum atomic E-state index is -0.908. The van der Waals surface area contributed by atoms with Crippen LogP contribution in [0.25, 0.3) is 11.1 Å². The summed E-state index contributed by atoms with van der Waals surface area (Å²) in [6, 6.07) is 18.2. The second-order valence-corrected chi connectivity index (χ2v) is 4.53. The molecule has 0 spiro atoms. The Labute approximate surface area is 108 Å². The lowest BCUT2D eigenvalue weighted by molar-refractivity contribution is 0.0419. The van der Waals surface area contributed by atoms with E-state index in [9.17, 15) is 5.11 Å². The number of hydrogen-bond acceptors (Lipinski definition) is 2. The predicted molar refractivity (Wildman–Crippen MR) is 75.1 cm³/mol. The van der Waals surface area contributed by atoms with Gasteiger partial charge in [-0.25, -0.2) is 0 Å². The largest absolute Gasteiger partial charge is 0.384 e. The summed E-state index contributed by atoms with van der Waals surface area (Å²) in [4.78, 5) is 0. The van der Waals surface area contributed by atoms with Crippen LogP contribution in [0.1, 0.15) is 18.9 Å². The number of nitrogens with two attached hydrogens (primary N) is 1. The van der Waals surface area contributed by atoms with Crippen molar-refractivity contribution < 1.29 is 5.11 Å². The Kier molecular flexibility index (Phi) is 3.80. The van der Waals surface area contributed by atoms with E-state index >= 15 is 0 Å². The average Bonchev–Trinajstić information content (AvgIpc) is 2.47. The van der Waals surface area contributed by atoms with E-state index < -0.39 is 5.60 Å². The fraction of sp³-hybridized carbons (Fsp3) is 0.250. The van der Waals surface area contributed by atoms with Crippen LogP contribution < -0.4 is 5.73 Å². The molecule has 18 heavy (non-hydrogen) atoms. The fourth-order valence-electron chi connectivity index (χ4n) is 2.07. The third-order valence-electron chi connectivity index (χ3n) is 3.45. The van der Waals surface area contributed by atoms with Gasteiger partial charge in [-0.2, -0.15) is 0 Å². The molecule has 0 amide bonds. The van der Waals surface area contributed by atoms with Gasteiger partial charge in [-0.3, -0.25) is 0 Å². The molecule has 3 N–H and O–H groups in total. The molecular formula is C16H19NO. The van der Waals surface area contributed by atoms with Crippen molar-refractivity contribution in [2.75, 3.05) is 6.54 Å². The van der Waals surface area contributed by atoms with E-state index in [1.54, 1.807) is 0 Å². The Bertz CT molecular complexity index is 486. The predicted octanol–water partition coefficient (Wildman–Crippen LogP) is 2.91. The van der Waals surface area contributed by atoms with Crippen LogP contribution in [0.5, 0.6) is 0 Å². The van der Waals surface area contributed by atoms with Crippen LogP contribution >= 0.6 is 0 Å². The highest BCUT2D eigenvalue weighted by Crippen LogP contribution is 2.26. The van der Waals surface area contributed by atoms with E-state index in [4.69, 9.17) is 5.73 Å². The summed E-state index contributed by atoms with van der Waals surface area (Å²) in [5.41, 5.74) is 7.95. The van der Waals surface area contributed by atoms with E-state index in [2.05, 4.69) is 12.1 Å². The van der Waals surface area contributed by atoms with Crippen molar-refractivity contribution >= 4 is 0 Å². The van der Waals surface area contributed by atoms with Crippen LogP contribution in [0.15, 0.2) is 54.6 Å². The highest BCUT2D eigenvalue weighted by atomic mass is 16.3. The second kappa shape index (κ2) is 5.34. The molecule has 1 unspecified atom stereocenters. The van der Waals surface area contributed by atoms with Crippen molar-refractivity contribution in [1.82, 2.24) is 0 Å². The zero-order chi connectivity index (χ0) is 13.0. The maximum Gasteiger partial charge on any atom is 0.102 e. The molecule has 0 aliphatic heterocycles. The summed E-state index contributed by atoms with van der Waals surface area (Å²) in [6.45, 7) is 2.19. The van der Waals surface area contributed by atoms with Crippen molar-refractivity contribution in [1.29, 1.82) is 0 Å². The highest BCUT2D eigenvalue weighted by molar-refractivity contribution is 5.63. The van der Waals surface area contributed by atoms with Crippen LogP contribution in [-0.2, 0) is 5.60 Å². The normalized spacial score (nSPS) is 14.2. The van der Waals surface area contributed by atoms with E-state index in [0.29, 0.717) is 6.42 Å². The molecule has 2 aromatic rings. The molecule has 0 saturated carbocycles. The maximum absolute atomic E-state index is 10.3. The number of benzene rings is 2. The Hall–Kier alpha value is -1.64. The molecular weight excluding hydrogens is 222 g/mol.